The van der Waals surface area contributed by atoms with Gasteiger partial charge in [0, 0.05) is 36.9 Å². The van der Waals surface area contributed by atoms with Crippen LogP contribution < -0.4 is 5.32 Å². The van der Waals surface area contributed by atoms with Gasteiger partial charge in [-0.3, -0.25) is 9.48 Å². The van der Waals surface area contributed by atoms with Gasteiger partial charge in [-0.25, -0.2) is 4.39 Å². The van der Waals surface area contributed by atoms with Crippen molar-refractivity contribution in [2.24, 2.45) is 0 Å². The first-order chi connectivity index (χ1) is 14.6. The number of hydrogen-bond donors (Lipinski definition) is 1. The standard InChI is InChI=1S/C23H29FN4O2/c1-3-8-28-21-7-6-19(25-15-17-13-18(24)5-4-16(17)2)14-20(21)22(26-28)23(29)27-9-11-30-12-10-27/h3-5,13,19,25H,1,6-12,14-15H2,2H3. The van der Waals surface area contributed by atoms with Crippen LogP contribution in [0.4, 0.5) is 4.39 Å². The number of nitrogens with one attached hydrogen (secondary N) is 1. The van der Waals surface area contributed by atoms with Gasteiger partial charge >= 0.3 is 0 Å². The molecule has 2 heterocycles. The number of halogens is 1. The van der Waals surface area contributed by atoms with Crippen molar-refractivity contribution in [1.82, 2.24) is 20.0 Å². The lowest BCUT2D eigenvalue weighted by molar-refractivity contribution is 0.0297. The first-order valence-corrected chi connectivity index (χ1v) is 10.6. The third kappa shape index (κ3) is 4.32. The Morgan fingerprint density at radius 2 is 2.20 bits per heavy atom. The maximum absolute atomic E-state index is 13.6. The van der Waals surface area contributed by atoms with Crippen LogP contribution in [0.25, 0.3) is 0 Å². The van der Waals surface area contributed by atoms with Crippen LogP contribution in [-0.4, -0.2) is 52.9 Å². The monoisotopic (exact) mass is 412 g/mol. The summed E-state index contributed by atoms with van der Waals surface area (Å²) in [5.74, 6) is -0.230. The van der Waals surface area contributed by atoms with Crippen LogP contribution in [0, 0.1) is 12.7 Å². The van der Waals surface area contributed by atoms with Crippen molar-refractivity contribution >= 4 is 5.91 Å². The van der Waals surface area contributed by atoms with E-state index in [-0.39, 0.29) is 17.8 Å². The highest BCUT2D eigenvalue weighted by molar-refractivity contribution is 5.94. The lowest BCUT2D eigenvalue weighted by Crippen LogP contribution is -2.41. The zero-order valence-corrected chi connectivity index (χ0v) is 17.5. The molecule has 2 aliphatic rings. The van der Waals surface area contributed by atoms with E-state index in [4.69, 9.17) is 4.74 Å². The molecule has 1 amide bonds. The molecule has 1 aliphatic carbocycles. The maximum Gasteiger partial charge on any atom is 0.274 e. The van der Waals surface area contributed by atoms with Gasteiger partial charge in [0.1, 0.15) is 5.82 Å². The summed E-state index contributed by atoms with van der Waals surface area (Å²) in [5.41, 5.74) is 4.76. The van der Waals surface area contributed by atoms with Gasteiger partial charge < -0.3 is 15.0 Å². The number of carbonyl (C=O) groups excluding carboxylic acids is 1. The Hall–Kier alpha value is -2.51. The number of morpholine rings is 1. The van der Waals surface area contributed by atoms with E-state index in [9.17, 15) is 9.18 Å². The normalized spacial score (nSPS) is 18.9. The third-order valence-electron chi connectivity index (χ3n) is 6.04. The Bertz CT molecular complexity index is 934. The van der Waals surface area contributed by atoms with Gasteiger partial charge in [-0.2, -0.15) is 5.10 Å². The number of aromatic nitrogens is 2. The molecule has 0 spiro atoms. The molecule has 4 rings (SSSR count). The number of carbonyl (C=O) groups is 1. The van der Waals surface area contributed by atoms with Crippen molar-refractivity contribution in [3.63, 3.8) is 0 Å². The number of aryl methyl sites for hydroxylation is 1. The van der Waals surface area contributed by atoms with E-state index in [0.29, 0.717) is 45.1 Å². The minimum absolute atomic E-state index is 0.0148. The Kier molecular flexibility index (Phi) is 6.29. The molecule has 2 aromatic rings. The van der Waals surface area contributed by atoms with Gasteiger partial charge in [-0.05, 0) is 49.4 Å². The Morgan fingerprint density at radius 3 is 2.97 bits per heavy atom. The number of hydrogen-bond acceptors (Lipinski definition) is 4. The predicted octanol–water partition coefficient (Wildman–Crippen LogP) is 2.64. The Morgan fingerprint density at radius 1 is 1.40 bits per heavy atom. The zero-order valence-electron chi connectivity index (χ0n) is 17.5. The largest absolute Gasteiger partial charge is 0.378 e. The van der Waals surface area contributed by atoms with E-state index < -0.39 is 0 Å². The second-order valence-corrected chi connectivity index (χ2v) is 8.04. The summed E-state index contributed by atoms with van der Waals surface area (Å²) in [5, 5.41) is 8.24. The van der Waals surface area contributed by atoms with Crippen LogP contribution in [0.3, 0.4) is 0 Å². The number of rotatable bonds is 6. The van der Waals surface area contributed by atoms with Gasteiger partial charge in [-0.1, -0.05) is 12.1 Å². The molecule has 1 atom stereocenters. The molecule has 1 fully saturated rings. The van der Waals surface area contributed by atoms with Crippen molar-refractivity contribution in [2.45, 2.75) is 45.3 Å². The molecule has 1 aromatic carbocycles. The summed E-state index contributed by atoms with van der Waals surface area (Å²) < 4.78 is 20.9. The molecule has 1 aliphatic heterocycles. The van der Waals surface area contributed by atoms with Crippen LogP contribution in [-0.2, 0) is 30.7 Å². The Balaban J connectivity index is 1.52. The van der Waals surface area contributed by atoms with E-state index in [1.807, 2.05) is 28.6 Å². The number of amides is 1. The predicted molar refractivity (Wildman–Crippen MR) is 113 cm³/mol. The summed E-state index contributed by atoms with van der Waals surface area (Å²) in [4.78, 5) is 15.0. The van der Waals surface area contributed by atoms with Gasteiger partial charge in [0.15, 0.2) is 5.69 Å². The first kappa shape index (κ1) is 20.8. The highest BCUT2D eigenvalue weighted by Crippen LogP contribution is 2.27. The lowest BCUT2D eigenvalue weighted by atomic mass is 9.90. The number of ether oxygens (including phenoxy) is 1. The number of benzene rings is 1. The quantitative estimate of drug-likeness (QED) is 0.741. The summed E-state index contributed by atoms with van der Waals surface area (Å²) in [6, 6.07) is 5.11. The fraction of sp³-hybridized carbons (Fsp3) is 0.478. The second-order valence-electron chi connectivity index (χ2n) is 8.04. The van der Waals surface area contributed by atoms with E-state index in [1.165, 1.54) is 6.07 Å². The summed E-state index contributed by atoms with van der Waals surface area (Å²) >= 11 is 0. The minimum Gasteiger partial charge on any atom is -0.378 e. The van der Waals surface area contributed by atoms with Crippen molar-refractivity contribution < 1.29 is 13.9 Å². The highest BCUT2D eigenvalue weighted by Gasteiger charge is 2.31. The average molecular weight is 413 g/mol. The van der Waals surface area contributed by atoms with E-state index in [0.717, 1.165) is 41.6 Å². The van der Waals surface area contributed by atoms with Gasteiger partial charge in [0.05, 0.1) is 19.8 Å². The van der Waals surface area contributed by atoms with Crippen molar-refractivity contribution in [1.29, 1.82) is 0 Å². The van der Waals surface area contributed by atoms with E-state index in [2.05, 4.69) is 17.0 Å². The zero-order chi connectivity index (χ0) is 21.1. The highest BCUT2D eigenvalue weighted by atomic mass is 19.1. The summed E-state index contributed by atoms with van der Waals surface area (Å²) in [6.45, 7) is 9.36. The fourth-order valence-corrected chi connectivity index (χ4v) is 4.31. The maximum atomic E-state index is 13.6. The number of allylic oxidation sites excluding steroid dienone is 1. The Labute approximate surface area is 176 Å². The van der Waals surface area contributed by atoms with E-state index >= 15 is 0 Å². The number of fused-ring (bicyclic) bond motifs is 1. The van der Waals surface area contributed by atoms with Gasteiger partial charge in [0.25, 0.3) is 5.91 Å². The van der Waals surface area contributed by atoms with Crippen LogP contribution in [0.15, 0.2) is 30.9 Å². The van der Waals surface area contributed by atoms with Crippen LogP contribution in [0.1, 0.15) is 39.3 Å². The lowest BCUT2D eigenvalue weighted by Gasteiger charge is -2.28. The molecule has 0 radical (unpaired) electrons. The second kappa shape index (κ2) is 9.10. The van der Waals surface area contributed by atoms with Crippen LogP contribution in [0.5, 0.6) is 0 Å². The molecule has 30 heavy (non-hydrogen) atoms. The van der Waals surface area contributed by atoms with Crippen LogP contribution >= 0.6 is 0 Å². The molecule has 1 unspecified atom stereocenters. The molecular weight excluding hydrogens is 383 g/mol. The van der Waals surface area contributed by atoms with Gasteiger partial charge in [0.2, 0.25) is 0 Å². The molecule has 1 aromatic heterocycles. The summed E-state index contributed by atoms with van der Waals surface area (Å²) in [6.07, 6.45) is 4.36. The molecule has 0 bridgehead atoms. The van der Waals surface area contributed by atoms with Gasteiger partial charge in [-0.15, -0.1) is 6.58 Å². The molecule has 6 nitrogen and oxygen atoms in total. The molecule has 160 valence electrons. The first-order valence-electron chi connectivity index (χ1n) is 10.6. The van der Waals surface area contributed by atoms with Crippen molar-refractivity contribution in [2.75, 3.05) is 26.3 Å². The summed E-state index contributed by atoms with van der Waals surface area (Å²) in [7, 11) is 0. The molecular formula is C23H29FN4O2. The topological polar surface area (TPSA) is 59.4 Å². The van der Waals surface area contributed by atoms with Crippen molar-refractivity contribution in [3.05, 3.63) is 64.7 Å². The number of nitrogens with zero attached hydrogens (tertiary/aromatic N) is 3. The van der Waals surface area contributed by atoms with Crippen LogP contribution in [0.2, 0.25) is 0 Å². The fourth-order valence-electron chi connectivity index (χ4n) is 4.31. The SMILES string of the molecule is C=CCn1nc(C(=O)N2CCOCC2)c2c1CCC(NCc1cc(F)ccc1C)C2. The van der Waals surface area contributed by atoms with E-state index in [1.54, 1.807) is 6.07 Å². The smallest absolute Gasteiger partial charge is 0.274 e. The molecule has 7 heteroatoms. The average Bonchev–Trinajstić information content (AvgIpc) is 3.12. The molecule has 1 N–H and O–H groups in total. The molecule has 1 saturated heterocycles. The minimum atomic E-state index is -0.215. The van der Waals surface area contributed by atoms with Crippen molar-refractivity contribution in [3.8, 4) is 0 Å². The molecule has 0 saturated carbocycles. The third-order valence-corrected chi connectivity index (χ3v) is 6.04.